The van der Waals surface area contributed by atoms with E-state index in [0.29, 0.717) is 29.8 Å². The second-order valence-electron chi connectivity index (χ2n) is 7.77. The van der Waals surface area contributed by atoms with E-state index in [4.69, 9.17) is 10.7 Å². The standard InChI is InChI=1S/C22H24N4O2S/c1-13(2)14-7-8-17-20(24-11-14)22(28)26(10-9-19(23)27)21(25-17)16-12-29-18-6-4-3-5-15(16)18/h3-6,11-14H,7-10H2,1-2H3,(H2,23,27). The molecule has 1 aromatic carbocycles. The average molecular weight is 409 g/mol. The second-order valence-corrected chi connectivity index (χ2v) is 8.69. The lowest BCUT2D eigenvalue weighted by molar-refractivity contribution is -0.118. The molecule has 0 spiro atoms. The van der Waals surface area contributed by atoms with Crippen LogP contribution in [0.2, 0.25) is 0 Å². The number of thiophene rings is 1. The zero-order valence-corrected chi connectivity index (χ0v) is 17.4. The minimum atomic E-state index is -0.448. The van der Waals surface area contributed by atoms with E-state index in [1.165, 1.54) is 0 Å². The number of rotatable bonds is 5. The molecule has 0 saturated carbocycles. The molecule has 0 aliphatic carbocycles. The molecule has 1 atom stereocenters. The number of benzene rings is 1. The quantitative estimate of drug-likeness (QED) is 0.694. The highest BCUT2D eigenvalue weighted by atomic mass is 32.1. The van der Waals surface area contributed by atoms with Crippen LogP contribution in [0.3, 0.4) is 0 Å². The molecule has 4 rings (SSSR count). The van der Waals surface area contributed by atoms with Crippen molar-refractivity contribution >= 4 is 39.2 Å². The SMILES string of the molecule is CC(C)C1C=Nc2c(nc(-c3csc4ccccc34)n(CCC(N)=O)c2=O)CC1. The molecule has 3 heterocycles. The first-order valence-corrected chi connectivity index (χ1v) is 10.8. The number of carbonyl (C=O) groups is 1. The fourth-order valence-corrected chi connectivity index (χ4v) is 4.67. The third-order valence-corrected chi connectivity index (χ3v) is 6.45. The number of hydrogen-bond acceptors (Lipinski definition) is 5. The van der Waals surface area contributed by atoms with Gasteiger partial charge in [0.05, 0.1) is 5.69 Å². The lowest BCUT2D eigenvalue weighted by atomic mass is 9.92. The predicted molar refractivity (Wildman–Crippen MR) is 118 cm³/mol. The molecule has 7 heteroatoms. The van der Waals surface area contributed by atoms with Crippen LogP contribution in [0, 0.1) is 11.8 Å². The number of aryl methyl sites for hydroxylation is 1. The predicted octanol–water partition coefficient (Wildman–Crippen LogP) is 3.92. The average Bonchev–Trinajstić information content (AvgIpc) is 2.99. The maximum atomic E-state index is 13.4. The monoisotopic (exact) mass is 408 g/mol. The second kappa shape index (κ2) is 7.91. The van der Waals surface area contributed by atoms with Gasteiger partial charge < -0.3 is 5.73 Å². The number of aromatic nitrogens is 2. The summed E-state index contributed by atoms with van der Waals surface area (Å²) >= 11 is 1.62. The van der Waals surface area contributed by atoms with Crippen LogP contribution < -0.4 is 11.3 Å². The number of primary amides is 1. The number of nitrogens with two attached hydrogens (primary N) is 1. The molecule has 0 fully saturated rings. The highest BCUT2D eigenvalue weighted by Gasteiger charge is 2.23. The van der Waals surface area contributed by atoms with Crippen molar-refractivity contribution in [1.82, 2.24) is 9.55 Å². The topological polar surface area (TPSA) is 90.3 Å². The van der Waals surface area contributed by atoms with E-state index in [0.717, 1.165) is 27.8 Å². The van der Waals surface area contributed by atoms with Gasteiger partial charge in [0.2, 0.25) is 5.91 Å². The van der Waals surface area contributed by atoms with Crippen molar-refractivity contribution in [3.63, 3.8) is 0 Å². The first kappa shape index (κ1) is 19.5. The summed E-state index contributed by atoms with van der Waals surface area (Å²) in [7, 11) is 0. The van der Waals surface area contributed by atoms with Gasteiger partial charge in [0.25, 0.3) is 5.56 Å². The highest BCUT2D eigenvalue weighted by molar-refractivity contribution is 7.17. The van der Waals surface area contributed by atoms with E-state index in [-0.39, 0.29) is 18.5 Å². The Morgan fingerprint density at radius 2 is 2.14 bits per heavy atom. The molecule has 0 saturated heterocycles. The molecule has 1 unspecified atom stereocenters. The Labute approximate surface area is 173 Å². The molecule has 6 nitrogen and oxygen atoms in total. The lowest BCUT2D eigenvalue weighted by Crippen LogP contribution is -2.27. The third kappa shape index (κ3) is 3.74. The Kier molecular flexibility index (Phi) is 5.32. The third-order valence-electron chi connectivity index (χ3n) is 5.49. The minimum absolute atomic E-state index is 0.0772. The Morgan fingerprint density at radius 3 is 2.90 bits per heavy atom. The molecule has 0 radical (unpaired) electrons. The lowest BCUT2D eigenvalue weighted by Gasteiger charge is -2.15. The Bertz CT molecular complexity index is 1160. The molecule has 2 N–H and O–H groups in total. The van der Waals surface area contributed by atoms with E-state index < -0.39 is 5.91 Å². The maximum absolute atomic E-state index is 13.4. The van der Waals surface area contributed by atoms with Gasteiger partial charge in [-0.1, -0.05) is 32.0 Å². The van der Waals surface area contributed by atoms with Crippen LogP contribution >= 0.6 is 11.3 Å². The molecule has 150 valence electrons. The number of carbonyl (C=O) groups excluding carboxylic acids is 1. The van der Waals surface area contributed by atoms with Gasteiger partial charge >= 0.3 is 0 Å². The maximum Gasteiger partial charge on any atom is 0.279 e. The van der Waals surface area contributed by atoms with E-state index in [1.54, 1.807) is 15.9 Å². The van der Waals surface area contributed by atoms with Crippen LogP contribution in [-0.2, 0) is 17.8 Å². The van der Waals surface area contributed by atoms with Crippen molar-refractivity contribution in [3.05, 3.63) is 45.7 Å². The van der Waals surface area contributed by atoms with E-state index in [9.17, 15) is 9.59 Å². The van der Waals surface area contributed by atoms with Gasteiger partial charge in [0, 0.05) is 40.2 Å². The van der Waals surface area contributed by atoms with Crippen LogP contribution in [0.25, 0.3) is 21.5 Å². The zero-order valence-electron chi connectivity index (χ0n) is 16.6. The van der Waals surface area contributed by atoms with Crippen molar-refractivity contribution < 1.29 is 4.79 Å². The first-order valence-electron chi connectivity index (χ1n) is 9.88. The van der Waals surface area contributed by atoms with Crippen LogP contribution in [0.5, 0.6) is 0 Å². The van der Waals surface area contributed by atoms with Crippen molar-refractivity contribution in [2.45, 2.75) is 39.7 Å². The van der Waals surface area contributed by atoms with Crippen molar-refractivity contribution in [1.29, 1.82) is 0 Å². The Balaban J connectivity index is 1.90. The smallest absolute Gasteiger partial charge is 0.279 e. The summed E-state index contributed by atoms with van der Waals surface area (Å²) in [5.74, 6) is 0.903. The molecule has 3 aromatic rings. The van der Waals surface area contributed by atoms with Gasteiger partial charge in [-0.25, -0.2) is 4.98 Å². The zero-order chi connectivity index (χ0) is 20.5. The molecule has 29 heavy (non-hydrogen) atoms. The van der Waals surface area contributed by atoms with Gasteiger partial charge in [0.15, 0.2) is 0 Å². The number of amides is 1. The largest absolute Gasteiger partial charge is 0.370 e. The molecule has 1 amide bonds. The normalized spacial score (nSPS) is 16.2. The van der Waals surface area contributed by atoms with Crippen LogP contribution in [-0.4, -0.2) is 21.7 Å². The summed E-state index contributed by atoms with van der Waals surface area (Å²) in [5, 5.41) is 3.07. The van der Waals surface area contributed by atoms with Crippen LogP contribution in [0.1, 0.15) is 32.4 Å². The number of hydrogen-bond donors (Lipinski definition) is 1. The summed E-state index contributed by atoms with van der Waals surface area (Å²) in [5.41, 5.74) is 7.18. The van der Waals surface area contributed by atoms with Gasteiger partial charge in [-0.2, -0.15) is 0 Å². The van der Waals surface area contributed by atoms with Crippen molar-refractivity contribution in [2.24, 2.45) is 22.6 Å². The summed E-state index contributed by atoms with van der Waals surface area (Å²) < 4.78 is 2.69. The van der Waals surface area contributed by atoms with E-state index in [2.05, 4.69) is 24.9 Å². The van der Waals surface area contributed by atoms with Crippen molar-refractivity contribution in [3.8, 4) is 11.4 Å². The molecule has 1 aliphatic heterocycles. The van der Waals surface area contributed by atoms with Crippen LogP contribution in [0.15, 0.2) is 39.4 Å². The molecule has 2 aromatic heterocycles. The fourth-order valence-electron chi connectivity index (χ4n) is 3.73. The minimum Gasteiger partial charge on any atom is -0.370 e. The van der Waals surface area contributed by atoms with Crippen molar-refractivity contribution in [2.75, 3.05) is 0 Å². The fraction of sp³-hybridized carbons (Fsp3) is 0.364. The number of nitrogens with zero attached hydrogens (tertiary/aromatic N) is 3. The summed E-state index contributed by atoms with van der Waals surface area (Å²) in [6.45, 7) is 4.51. The van der Waals surface area contributed by atoms with E-state index >= 15 is 0 Å². The Morgan fingerprint density at radius 1 is 1.34 bits per heavy atom. The summed E-state index contributed by atoms with van der Waals surface area (Å²) in [6.07, 6.45) is 3.58. The van der Waals surface area contributed by atoms with Gasteiger partial charge in [0.1, 0.15) is 11.5 Å². The number of aliphatic imine (C=N–C) groups is 1. The van der Waals surface area contributed by atoms with Gasteiger partial charge in [-0.3, -0.25) is 19.1 Å². The molecular weight excluding hydrogens is 384 g/mol. The summed E-state index contributed by atoms with van der Waals surface area (Å²) in [4.78, 5) is 34.2. The first-order chi connectivity index (χ1) is 14.0. The highest BCUT2D eigenvalue weighted by Crippen LogP contribution is 2.34. The molecule has 1 aliphatic rings. The van der Waals surface area contributed by atoms with Gasteiger partial charge in [-0.15, -0.1) is 11.3 Å². The van der Waals surface area contributed by atoms with Crippen LogP contribution in [0.4, 0.5) is 5.69 Å². The summed E-state index contributed by atoms with van der Waals surface area (Å²) in [6, 6.07) is 8.06. The van der Waals surface area contributed by atoms with E-state index in [1.807, 2.05) is 29.8 Å². The van der Waals surface area contributed by atoms with Gasteiger partial charge in [-0.05, 0) is 30.7 Å². The Hall–Kier alpha value is -2.80. The molecular formula is C22H24N4O2S. The molecule has 0 bridgehead atoms. The number of fused-ring (bicyclic) bond motifs is 2.